The van der Waals surface area contributed by atoms with E-state index in [-0.39, 0.29) is 5.03 Å². The Bertz CT molecular complexity index is 580. The van der Waals surface area contributed by atoms with Gasteiger partial charge in [-0.15, -0.1) is 0 Å². The van der Waals surface area contributed by atoms with E-state index < -0.39 is 0 Å². The van der Waals surface area contributed by atoms with Gasteiger partial charge in [0.05, 0.1) is 6.54 Å². The monoisotopic (exact) mass is 214 g/mol. The van der Waals surface area contributed by atoms with E-state index >= 15 is 0 Å². The van der Waals surface area contributed by atoms with E-state index in [0.717, 1.165) is 28.4 Å². The molecule has 0 atom stereocenters. The minimum atomic E-state index is -0.333. The first kappa shape index (κ1) is 9.15. The van der Waals surface area contributed by atoms with E-state index in [1.807, 2.05) is 36.4 Å². The third-order valence-corrected chi connectivity index (χ3v) is 3.06. The summed E-state index contributed by atoms with van der Waals surface area (Å²) in [6, 6.07) is 11.8. The lowest BCUT2D eigenvalue weighted by atomic mass is 10.0. The average molecular weight is 214 g/mol. The Morgan fingerprint density at radius 3 is 2.81 bits per heavy atom. The van der Waals surface area contributed by atoms with Crippen LogP contribution in [-0.2, 0) is 6.42 Å². The molecule has 0 aliphatic carbocycles. The van der Waals surface area contributed by atoms with Crippen molar-refractivity contribution >= 4 is 16.5 Å². The van der Waals surface area contributed by atoms with Gasteiger partial charge in [-0.2, -0.15) is 0 Å². The molecule has 3 rings (SSSR count). The second-order valence-corrected chi connectivity index (χ2v) is 3.90. The van der Waals surface area contributed by atoms with E-state index in [4.69, 9.17) is 0 Å². The second-order valence-electron chi connectivity index (χ2n) is 3.90. The topological polar surface area (TPSA) is 46.4 Å². The third kappa shape index (κ3) is 1.16. The molecule has 0 spiro atoms. The summed E-state index contributed by atoms with van der Waals surface area (Å²) in [7, 11) is 0. The number of hydrogen-bond donors (Lipinski definition) is 0. The maximum absolute atomic E-state index is 10.8. The molecule has 4 nitrogen and oxygen atoms in total. The molecule has 0 bridgehead atoms. The quantitative estimate of drug-likeness (QED) is 0.541. The van der Waals surface area contributed by atoms with Gasteiger partial charge in [-0.3, -0.25) is 0 Å². The molecule has 80 valence electrons. The van der Waals surface area contributed by atoms with Gasteiger partial charge in [0.1, 0.15) is 5.69 Å². The van der Waals surface area contributed by atoms with Crippen LogP contribution in [0.2, 0.25) is 0 Å². The molecule has 0 N–H and O–H groups in total. The zero-order valence-corrected chi connectivity index (χ0v) is 8.59. The number of nitro groups is 1. The molecule has 0 radical (unpaired) electrons. The lowest BCUT2D eigenvalue weighted by Crippen LogP contribution is -2.27. The number of anilines is 1. The van der Waals surface area contributed by atoms with Crippen LogP contribution in [0.1, 0.15) is 5.56 Å². The lowest BCUT2D eigenvalue weighted by molar-refractivity contribution is -0.493. The number of hydrogen-bond acceptors (Lipinski definition) is 2. The zero-order valence-electron chi connectivity index (χ0n) is 8.59. The Kier molecular flexibility index (Phi) is 1.83. The van der Waals surface area contributed by atoms with Gasteiger partial charge in [-0.1, -0.05) is 35.3 Å². The summed E-state index contributed by atoms with van der Waals surface area (Å²) in [4.78, 5) is 10.8. The first-order chi connectivity index (χ1) is 7.77. The maximum atomic E-state index is 10.8. The molecule has 0 saturated carbocycles. The van der Waals surface area contributed by atoms with Gasteiger partial charge in [-0.25, -0.2) is 10.1 Å². The molecule has 1 heterocycles. The molecular formula is C12H10N2O2. The fourth-order valence-electron chi connectivity index (χ4n) is 2.34. The van der Waals surface area contributed by atoms with Gasteiger partial charge in [0, 0.05) is 0 Å². The van der Waals surface area contributed by atoms with Crippen molar-refractivity contribution in [3.63, 3.8) is 0 Å². The molecule has 1 aliphatic heterocycles. The SMILES string of the molecule is O=[N+]([O-])N1CCc2c1ccc1ccccc21. The van der Waals surface area contributed by atoms with Crippen LogP contribution in [0.5, 0.6) is 0 Å². The first-order valence-corrected chi connectivity index (χ1v) is 5.20. The summed E-state index contributed by atoms with van der Waals surface area (Å²) in [5.41, 5.74) is 1.83. The van der Waals surface area contributed by atoms with Crippen molar-refractivity contribution in [3.05, 3.63) is 52.1 Å². The van der Waals surface area contributed by atoms with Gasteiger partial charge in [0.25, 0.3) is 0 Å². The van der Waals surface area contributed by atoms with Crippen LogP contribution in [0.25, 0.3) is 10.8 Å². The maximum Gasteiger partial charge on any atom is 0.165 e. The van der Waals surface area contributed by atoms with Crippen molar-refractivity contribution in [2.24, 2.45) is 0 Å². The summed E-state index contributed by atoms with van der Waals surface area (Å²) in [5, 5.41) is 14.0. The van der Waals surface area contributed by atoms with Gasteiger partial charge < -0.3 is 0 Å². The van der Waals surface area contributed by atoms with Crippen molar-refractivity contribution < 1.29 is 5.03 Å². The molecule has 2 aromatic carbocycles. The predicted molar refractivity (Wildman–Crippen MR) is 62.0 cm³/mol. The summed E-state index contributed by atoms with van der Waals surface area (Å²) in [5.74, 6) is 0. The van der Waals surface area contributed by atoms with Crippen LogP contribution >= 0.6 is 0 Å². The summed E-state index contributed by atoms with van der Waals surface area (Å²) >= 11 is 0. The highest BCUT2D eigenvalue weighted by atomic mass is 16.7. The van der Waals surface area contributed by atoms with Crippen molar-refractivity contribution in [1.82, 2.24) is 0 Å². The molecule has 0 aromatic heterocycles. The fourth-order valence-corrected chi connectivity index (χ4v) is 2.34. The number of benzene rings is 2. The highest BCUT2D eigenvalue weighted by Crippen LogP contribution is 2.33. The van der Waals surface area contributed by atoms with Crippen LogP contribution in [-0.4, -0.2) is 11.6 Å². The van der Waals surface area contributed by atoms with E-state index in [1.54, 1.807) is 0 Å². The molecular weight excluding hydrogens is 204 g/mol. The van der Waals surface area contributed by atoms with E-state index in [1.165, 1.54) is 5.01 Å². The van der Waals surface area contributed by atoms with Gasteiger partial charge >= 0.3 is 0 Å². The van der Waals surface area contributed by atoms with Gasteiger partial charge in [0.15, 0.2) is 5.03 Å². The molecule has 0 unspecified atom stereocenters. The Labute approximate surface area is 92.2 Å². The Hall–Kier alpha value is -2.10. The largest absolute Gasteiger partial charge is 0.234 e. The normalized spacial score (nSPS) is 14.1. The highest BCUT2D eigenvalue weighted by Gasteiger charge is 2.28. The minimum Gasteiger partial charge on any atom is -0.234 e. The lowest BCUT2D eigenvalue weighted by Gasteiger charge is -2.08. The van der Waals surface area contributed by atoms with Crippen LogP contribution in [0.3, 0.4) is 0 Å². The Balaban J connectivity index is 2.26. The molecule has 0 fully saturated rings. The molecule has 0 saturated heterocycles. The highest BCUT2D eigenvalue weighted by molar-refractivity contribution is 5.91. The number of rotatable bonds is 1. The molecule has 16 heavy (non-hydrogen) atoms. The van der Waals surface area contributed by atoms with Crippen LogP contribution in [0.15, 0.2) is 36.4 Å². The number of fused-ring (bicyclic) bond motifs is 3. The summed E-state index contributed by atoms with van der Waals surface area (Å²) in [6.45, 7) is 0.469. The van der Waals surface area contributed by atoms with Crippen LogP contribution in [0, 0.1) is 10.1 Å². The fraction of sp³-hybridized carbons (Fsp3) is 0.167. The van der Waals surface area contributed by atoms with Gasteiger partial charge in [-0.05, 0) is 28.8 Å². The smallest absolute Gasteiger partial charge is 0.165 e. The van der Waals surface area contributed by atoms with Crippen molar-refractivity contribution in [2.75, 3.05) is 11.6 Å². The molecule has 4 heteroatoms. The number of hydrazine groups is 1. The molecule has 1 aliphatic rings. The number of nitrogens with zero attached hydrogens (tertiary/aromatic N) is 2. The Morgan fingerprint density at radius 2 is 2.00 bits per heavy atom. The summed E-state index contributed by atoms with van der Waals surface area (Å²) < 4.78 is 0. The minimum absolute atomic E-state index is 0.333. The average Bonchev–Trinajstić information content (AvgIpc) is 2.73. The van der Waals surface area contributed by atoms with Crippen LogP contribution in [0.4, 0.5) is 5.69 Å². The first-order valence-electron chi connectivity index (χ1n) is 5.20. The van der Waals surface area contributed by atoms with Crippen molar-refractivity contribution in [1.29, 1.82) is 0 Å². The van der Waals surface area contributed by atoms with E-state index in [0.29, 0.717) is 6.54 Å². The standard InChI is InChI=1S/C12H10N2O2/c15-14(16)13-8-7-11-10-4-2-1-3-9(10)5-6-12(11)13/h1-6H,7-8H2. The zero-order chi connectivity index (χ0) is 11.1. The third-order valence-electron chi connectivity index (χ3n) is 3.06. The summed E-state index contributed by atoms with van der Waals surface area (Å²) in [6.07, 6.45) is 0.748. The van der Waals surface area contributed by atoms with Gasteiger partial charge in [0.2, 0.25) is 0 Å². The van der Waals surface area contributed by atoms with E-state index in [2.05, 4.69) is 0 Å². The van der Waals surface area contributed by atoms with E-state index in [9.17, 15) is 10.1 Å². The second kappa shape index (κ2) is 3.20. The van der Waals surface area contributed by atoms with Crippen molar-refractivity contribution in [3.8, 4) is 0 Å². The molecule has 0 amide bonds. The van der Waals surface area contributed by atoms with Crippen LogP contribution < -0.4 is 5.01 Å². The molecule has 2 aromatic rings. The predicted octanol–water partition coefficient (Wildman–Crippen LogP) is 2.39. The van der Waals surface area contributed by atoms with Crippen molar-refractivity contribution in [2.45, 2.75) is 6.42 Å². The Morgan fingerprint density at radius 1 is 1.19 bits per heavy atom.